The van der Waals surface area contributed by atoms with Crippen LogP contribution in [0.2, 0.25) is 0 Å². The fraction of sp³-hybridized carbons (Fsp3) is 0.462. The number of H-pyrrole nitrogens is 2. The Bertz CT molecular complexity index is 537. The largest absolute Gasteiger partial charge is 0.385 e. The summed E-state index contributed by atoms with van der Waals surface area (Å²) in [6, 6.07) is 5.88. The summed E-state index contributed by atoms with van der Waals surface area (Å²) >= 11 is 0. The van der Waals surface area contributed by atoms with Gasteiger partial charge in [-0.3, -0.25) is 0 Å². The third-order valence-electron chi connectivity index (χ3n) is 3.27. The molecule has 3 N–H and O–H groups in total. The van der Waals surface area contributed by atoms with Crippen LogP contribution in [0.1, 0.15) is 26.7 Å². The molecule has 0 fully saturated rings. The van der Waals surface area contributed by atoms with Crippen LogP contribution in [0.15, 0.2) is 23.0 Å². The molecular weight excluding hydrogens is 214 g/mol. The van der Waals surface area contributed by atoms with Gasteiger partial charge in [0.1, 0.15) is 0 Å². The minimum atomic E-state index is -0.155. The van der Waals surface area contributed by atoms with Crippen LogP contribution in [0.25, 0.3) is 11.0 Å². The van der Waals surface area contributed by atoms with Crippen LogP contribution in [0, 0.1) is 5.92 Å². The van der Waals surface area contributed by atoms with Gasteiger partial charge in [-0.1, -0.05) is 26.7 Å². The maximum Gasteiger partial charge on any atom is 0.323 e. The van der Waals surface area contributed by atoms with Gasteiger partial charge < -0.3 is 15.3 Å². The zero-order chi connectivity index (χ0) is 12.3. The number of aromatic amines is 2. The van der Waals surface area contributed by atoms with Crippen LogP contribution in [0.4, 0.5) is 5.69 Å². The fourth-order valence-corrected chi connectivity index (χ4v) is 1.98. The Balaban J connectivity index is 2.11. The van der Waals surface area contributed by atoms with E-state index in [1.54, 1.807) is 0 Å². The zero-order valence-electron chi connectivity index (χ0n) is 10.3. The van der Waals surface area contributed by atoms with Crippen LogP contribution in [-0.4, -0.2) is 16.5 Å². The van der Waals surface area contributed by atoms with Crippen molar-refractivity contribution < 1.29 is 0 Å². The van der Waals surface area contributed by atoms with E-state index in [-0.39, 0.29) is 5.69 Å². The van der Waals surface area contributed by atoms with Crippen molar-refractivity contribution >= 4 is 16.7 Å². The summed E-state index contributed by atoms with van der Waals surface area (Å²) in [5.41, 5.74) is 2.60. The molecule has 0 unspecified atom stereocenters. The standard InChI is InChI=1S/C13H19N3O/c1-3-9(4-2)8-14-10-5-6-11-12(7-10)16-13(17)15-11/h5-7,9,14H,3-4,8H2,1-2H3,(H2,15,16,17). The first kappa shape index (κ1) is 11.8. The van der Waals surface area contributed by atoms with E-state index in [1.807, 2.05) is 18.2 Å². The molecule has 0 spiro atoms. The maximum absolute atomic E-state index is 11.1. The van der Waals surface area contributed by atoms with Gasteiger partial charge in [0.2, 0.25) is 0 Å². The number of rotatable bonds is 5. The number of aromatic nitrogens is 2. The molecule has 0 saturated heterocycles. The summed E-state index contributed by atoms with van der Waals surface area (Å²) in [5, 5.41) is 3.41. The molecule has 0 radical (unpaired) electrons. The lowest BCUT2D eigenvalue weighted by molar-refractivity contribution is 0.519. The van der Waals surface area contributed by atoms with Crippen molar-refractivity contribution in [2.75, 3.05) is 11.9 Å². The minimum absolute atomic E-state index is 0.155. The molecule has 0 bridgehead atoms. The van der Waals surface area contributed by atoms with Gasteiger partial charge in [0.05, 0.1) is 11.0 Å². The monoisotopic (exact) mass is 233 g/mol. The second-order valence-electron chi connectivity index (χ2n) is 4.40. The van der Waals surface area contributed by atoms with Crippen molar-refractivity contribution in [1.82, 2.24) is 9.97 Å². The van der Waals surface area contributed by atoms with Crippen molar-refractivity contribution in [3.63, 3.8) is 0 Å². The topological polar surface area (TPSA) is 60.7 Å². The smallest absolute Gasteiger partial charge is 0.323 e. The average molecular weight is 233 g/mol. The van der Waals surface area contributed by atoms with Gasteiger partial charge in [0.25, 0.3) is 0 Å². The number of hydrogen-bond donors (Lipinski definition) is 3. The van der Waals surface area contributed by atoms with Crippen LogP contribution >= 0.6 is 0 Å². The lowest BCUT2D eigenvalue weighted by Gasteiger charge is -2.14. The van der Waals surface area contributed by atoms with Crippen LogP contribution < -0.4 is 11.0 Å². The van der Waals surface area contributed by atoms with Gasteiger partial charge in [0, 0.05) is 12.2 Å². The Labute approximate surface area is 100 Å². The number of fused-ring (bicyclic) bond motifs is 1. The highest BCUT2D eigenvalue weighted by atomic mass is 16.1. The van der Waals surface area contributed by atoms with E-state index in [4.69, 9.17) is 0 Å². The normalized spacial score (nSPS) is 11.2. The first-order valence-electron chi connectivity index (χ1n) is 6.18. The Morgan fingerprint density at radius 3 is 2.59 bits per heavy atom. The molecule has 1 aromatic carbocycles. The number of nitrogens with one attached hydrogen (secondary N) is 3. The summed E-state index contributed by atoms with van der Waals surface area (Å²) in [7, 11) is 0. The molecule has 17 heavy (non-hydrogen) atoms. The zero-order valence-corrected chi connectivity index (χ0v) is 10.3. The highest BCUT2D eigenvalue weighted by Gasteiger charge is 2.04. The van der Waals surface area contributed by atoms with Gasteiger partial charge in [0.15, 0.2) is 0 Å². The lowest BCUT2D eigenvalue weighted by Crippen LogP contribution is -2.12. The minimum Gasteiger partial charge on any atom is -0.385 e. The third-order valence-corrected chi connectivity index (χ3v) is 3.27. The maximum atomic E-state index is 11.1. The quantitative estimate of drug-likeness (QED) is 0.743. The first-order chi connectivity index (χ1) is 8.22. The molecular formula is C13H19N3O. The van der Waals surface area contributed by atoms with Gasteiger partial charge in [-0.05, 0) is 24.1 Å². The molecule has 0 amide bonds. The van der Waals surface area contributed by atoms with E-state index < -0.39 is 0 Å². The second kappa shape index (κ2) is 5.08. The van der Waals surface area contributed by atoms with Gasteiger partial charge in [-0.2, -0.15) is 0 Å². The van der Waals surface area contributed by atoms with Crippen molar-refractivity contribution in [2.24, 2.45) is 5.92 Å². The number of imidazole rings is 1. The average Bonchev–Trinajstić information content (AvgIpc) is 2.69. The SMILES string of the molecule is CCC(CC)CNc1ccc2[nH]c(=O)[nH]c2c1. The lowest BCUT2D eigenvalue weighted by atomic mass is 10.0. The van der Waals surface area contributed by atoms with Crippen molar-refractivity contribution in [3.05, 3.63) is 28.7 Å². The Morgan fingerprint density at radius 2 is 1.88 bits per heavy atom. The summed E-state index contributed by atoms with van der Waals surface area (Å²) in [6.07, 6.45) is 2.37. The van der Waals surface area contributed by atoms with Gasteiger partial charge in [-0.25, -0.2) is 4.79 Å². The van der Waals surface area contributed by atoms with E-state index in [2.05, 4.69) is 29.1 Å². The fourth-order valence-electron chi connectivity index (χ4n) is 1.98. The predicted octanol–water partition coefficient (Wildman–Crippen LogP) is 2.70. The second-order valence-corrected chi connectivity index (χ2v) is 4.40. The predicted molar refractivity (Wildman–Crippen MR) is 71.5 cm³/mol. The van der Waals surface area contributed by atoms with Crippen molar-refractivity contribution in [1.29, 1.82) is 0 Å². The van der Waals surface area contributed by atoms with Crippen LogP contribution in [0.3, 0.4) is 0 Å². The first-order valence-corrected chi connectivity index (χ1v) is 6.18. The molecule has 0 aliphatic carbocycles. The molecule has 2 aromatic rings. The molecule has 0 atom stereocenters. The van der Waals surface area contributed by atoms with Gasteiger partial charge >= 0.3 is 5.69 Å². The molecule has 4 heteroatoms. The van der Waals surface area contributed by atoms with E-state index in [0.29, 0.717) is 5.92 Å². The van der Waals surface area contributed by atoms with Gasteiger partial charge in [-0.15, -0.1) is 0 Å². The van der Waals surface area contributed by atoms with E-state index >= 15 is 0 Å². The number of benzene rings is 1. The Morgan fingerprint density at radius 1 is 1.18 bits per heavy atom. The highest BCUT2D eigenvalue weighted by molar-refractivity contribution is 5.78. The molecule has 92 valence electrons. The highest BCUT2D eigenvalue weighted by Crippen LogP contribution is 2.16. The van der Waals surface area contributed by atoms with Crippen molar-refractivity contribution in [3.8, 4) is 0 Å². The summed E-state index contributed by atoms with van der Waals surface area (Å²) in [6.45, 7) is 5.40. The molecule has 4 nitrogen and oxygen atoms in total. The third kappa shape index (κ3) is 2.70. The van der Waals surface area contributed by atoms with E-state index in [0.717, 1.165) is 23.3 Å². The van der Waals surface area contributed by atoms with E-state index in [9.17, 15) is 4.79 Å². The summed E-state index contributed by atoms with van der Waals surface area (Å²) in [4.78, 5) is 16.6. The van der Waals surface area contributed by atoms with Crippen LogP contribution in [0.5, 0.6) is 0 Å². The Hall–Kier alpha value is -1.71. The summed E-state index contributed by atoms with van der Waals surface area (Å²) < 4.78 is 0. The molecule has 0 aliphatic heterocycles. The van der Waals surface area contributed by atoms with Crippen molar-refractivity contribution in [2.45, 2.75) is 26.7 Å². The molecule has 0 aliphatic rings. The molecule has 0 saturated carbocycles. The molecule has 1 aromatic heterocycles. The molecule has 2 rings (SSSR count). The van der Waals surface area contributed by atoms with Crippen LogP contribution in [-0.2, 0) is 0 Å². The number of hydrogen-bond acceptors (Lipinski definition) is 2. The number of anilines is 1. The van der Waals surface area contributed by atoms with E-state index in [1.165, 1.54) is 12.8 Å². The summed E-state index contributed by atoms with van der Waals surface area (Å²) in [5.74, 6) is 0.705. The Kier molecular flexibility index (Phi) is 3.52. The molecule has 1 heterocycles.